The highest BCUT2D eigenvalue weighted by Gasteiger charge is 2.11. The molecule has 2 heteroatoms. The lowest BCUT2D eigenvalue weighted by atomic mass is 10.2. The summed E-state index contributed by atoms with van der Waals surface area (Å²) in [6, 6.07) is 0. The molecule has 0 aliphatic carbocycles. The predicted molar refractivity (Wildman–Crippen MR) is 18.0 cm³/mol. The maximum atomic E-state index is 8.30. The van der Waals surface area contributed by atoms with Crippen LogP contribution >= 0.6 is 0 Å². The molecule has 0 aromatic carbocycles. The molecule has 29 valence electrons. The van der Waals surface area contributed by atoms with Crippen molar-refractivity contribution in [3.8, 4) is 0 Å². The molecule has 2 N–H and O–H groups in total. The minimum Gasteiger partial charge on any atom is -0.384 e. The Labute approximate surface area is 30.8 Å². The van der Waals surface area contributed by atoms with Crippen molar-refractivity contribution in [1.29, 1.82) is 0 Å². The molecule has 1 heterocycles. The molecule has 0 atom stereocenters. The molecule has 0 bridgehead atoms. The molecule has 0 unspecified atom stereocenters. The second-order valence-corrected chi connectivity index (χ2v) is 1.17. The van der Waals surface area contributed by atoms with Gasteiger partial charge >= 0.3 is 0 Å². The van der Waals surface area contributed by atoms with Gasteiger partial charge in [0.15, 0.2) is 0 Å². The number of rotatable bonds is 0. The van der Waals surface area contributed by atoms with Crippen molar-refractivity contribution in [3.05, 3.63) is 6.10 Å². The van der Waals surface area contributed by atoms with Crippen LogP contribution in [0.15, 0.2) is 0 Å². The Morgan fingerprint density at radius 1 is 1.60 bits per heavy atom. The molecule has 1 rings (SSSR count). The van der Waals surface area contributed by atoms with Crippen molar-refractivity contribution in [2.75, 3.05) is 13.1 Å². The fourth-order valence-electron chi connectivity index (χ4n) is 0.237. The molecule has 1 aliphatic rings. The van der Waals surface area contributed by atoms with Crippen molar-refractivity contribution in [2.24, 2.45) is 0 Å². The summed E-state index contributed by atoms with van der Waals surface area (Å²) in [5.74, 6) is 0. The molecule has 5 heavy (non-hydrogen) atoms. The summed E-state index contributed by atoms with van der Waals surface area (Å²) in [4.78, 5) is 0. The van der Waals surface area contributed by atoms with E-state index in [1.165, 1.54) is 0 Å². The van der Waals surface area contributed by atoms with Gasteiger partial charge in [0, 0.05) is 13.1 Å². The van der Waals surface area contributed by atoms with Crippen LogP contribution in [0.25, 0.3) is 0 Å². The van der Waals surface area contributed by atoms with Crippen molar-refractivity contribution < 1.29 is 5.11 Å². The lowest BCUT2D eigenvalue weighted by molar-refractivity contribution is 0.229. The molecule has 0 aromatic rings. The number of hydrogen-bond donors (Lipinski definition) is 2. The zero-order valence-electron chi connectivity index (χ0n) is 2.86. The lowest BCUT2D eigenvalue weighted by Gasteiger charge is -2.18. The SMILES string of the molecule is O[C]1CNC1. The van der Waals surface area contributed by atoms with E-state index in [1.54, 1.807) is 0 Å². The third-order valence-corrected chi connectivity index (χ3v) is 0.658. The van der Waals surface area contributed by atoms with Gasteiger partial charge in [0.25, 0.3) is 0 Å². The van der Waals surface area contributed by atoms with Gasteiger partial charge < -0.3 is 10.4 Å². The number of hydrogen-bond acceptors (Lipinski definition) is 2. The van der Waals surface area contributed by atoms with Crippen molar-refractivity contribution >= 4 is 0 Å². The van der Waals surface area contributed by atoms with Crippen LogP contribution in [0, 0.1) is 6.10 Å². The number of nitrogens with one attached hydrogen (secondary N) is 1. The second-order valence-electron chi connectivity index (χ2n) is 1.17. The molecule has 0 aromatic heterocycles. The quantitative estimate of drug-likeness (QED) is 0.404. The minimum absolute atomic E-state index is 0.574. The van der Waals surface area contributed by atoms with Crippen LogP contribution in [0.1, 0.15) is 0 Å². The van der Waals surface area contributed by atoms with E-state index in [1.807, 2.05) is 0 Å². The van der Waals surface area contributed by atoms with Crippen LogP contribution in [0.2, 0.25) is 0 Å². The zero-order chi connectivity index (χ0) is 3.70. The third kappa shape index (κ3) is 0.412. The molecule has 1 radical (unpaired) electrons. The molecule has 0 amide bonds. The highest BCUT2D eigenvalue weighted by molar-refractivity contribution is 4.90. The van der Waals surface area contributed by atoms with Gasteiger partial charge in [0.1, 0.15) is 6.10 Å². The summed E-state index contributed by atoms with van der Waals surface area (Å²) in [7, 11) is 0. The predicted octanol–water partition coefficient (Wildman–Crippen LogP) is -0.506. The summed E-state index contributed by atoms with van der Waals surface area (Å²) < 4.78 is 0. The monoisotopic (exact) mass is 72.0 g/mol. The summed E-state index contributed by atoms with van der Waals surface area (Å²) in [6.45, 7) is 1.42. The first-order valence-electron chi connectivity index (χ1n) is 1.64. The van der Waals surface area contributed by atoms with Crippen LogP contribution in [0.5, 0.6) is 0 Å². The Morgan fingerprint density at radius 3 is 2.00 bits per heavy atom. The van der Waals surface area contributed by atoms with E-state index in [4.69, 9.17) is 5.11 Å². The van der Waals surface area contributed by atoms with E-state index >= 15 is 0 Å². The van der Waals surface area contributed by atoms with Crippen LogP contribution in [0.3, 0.4) is 0 Å². The van der Waals surface area contributed by atoms with E-state index in [9.17, 15) is 0 Å². The minimum atomic E-state index is 0.574. The molecular weight excluding hydrogens is 66.0 g/mol. The van der Waals surface area contributed by atoms with Gasteiger partial charge in [0.2, 0.25) is 0 Å². The Balaban J connectivity index is 2.08. The van der Waals surface area contributed by atoms with E-state index in [0.29, 0.717) is 19.2 Å². The molecule has 0 saturated carbocycles. The van der Waals surface area contributed by atoms with Gasteiger partial charge in [-0.25, -0.2) is 0 Å². The summed E-state index contributed by atoms with van der Waals surface area (Å²) in [5, 5.41) is 11.2. The highest BCUT2D eigenvalue weighted by atomic mass is 16.3. The van der Waals surface area contributed by atoms with Crippen LogP contribution in [-0.4, -0.2) is 18.2 Å². The van der Waals surface area contributed by atoms with E-state index in [2.05, 4.69) is 5.32 Å². The first-order chi connectivity index (χ1) is 2.39. The first kappa shape index (κ1) is 3.12. The van der Waals surface area contributed by atoms with Crippen LogP contribution in [-0.2, 0) is 0 Å². The number of aliphatic hydroxyl groups excluding tert-OH is 1. The maximum absolute atomic E-state index is 8.30. The normalized spacial score (nSPS) is 25.8. The Kier molecular flexibility index (Phi) is 0.596. The van der Waals surface area contributed by atoms with Gasteiger partial charge in [-0.05, 0) is 0 Å². The molecule has 2 nitrogen and oxygen atoms in total. The fraction of sp³-hybridized carbons (Fsp3) is 0.667. The van der Waals surface area contributed by atoms with Gasteiger partial charge in [-0.3, -0.25) is 0 Å². The second kappa shape index (κ2) is 0.954. The Hall–Kier alpha value is -0.0800. The molecule has 1 aliphatic heterocycles. The fourth-order valence-corrected chi connectivity index (χ4v) is 0.237. The smallest absolute Gasteiger partial charge is 0.120 e. The molecule has 1 fully saturated rings. The van der Waals surface area contributed by atoms with Crippen molar-refractivity contribution in [3.63, 3.8) is 0 Å². The molecular formula is C3H6NO. The summed E-state index contributed by atoms with van der Waals surface area (Å²) in [5.41, 5.74) is 0. The zero-order valence-corrected chi connectivity index (χ0v) is 2.86. The summed E-state index contributed by atoms with van der Waals surface area (Å²) in [6.07, 6.45) is 0.574. The molecule has 1 saturated heterocycles. The van der Waals surface area contributed by atoms with Gasteiger partial charge in [-0.1, -0.05) is 0 Å². The Bertz CT molecular complexity index is 33.9. The standard InChI is InChI=1S/C3H6NO/c5-3-1-4-2-3/h4-5H,1-2H2. The number of aliphatic hydroxyl groups is 1. The van der Waals surface area contributed by atoms with Crippen LogP contribution in [0.4, 0.5) is 0 Å². The van der Waals surface area contributed by atoms with E-state index in [-0.39, 0.29) is 0 Å². The van der Waals surface area contributed by atoms with Crippen molar-refractivity contribution in [2.45, 2.75) is 0 Å². The van der Waals surface area contributed by atoms with Crippen LogP contribution < -0.4 is 5.32 Å². The average molecular weight is 72.1 g/mol. The van der Waals surface area contributed by atoms with E-state index < -0.39 is 0 Å². The van der Waals surface area contributed by atoms with Gasteiger partial charge in [-0.15, -0.1) is 0 Å². The first-order valence-corrected chi connectivity index (χ1v) is 1.64. The average Bonchev–Trinajstić information content (AvgIpc) is 1.30. The van der Waals surface area contributed by atoms with E-state index in [0.717, 1.165) is 0 Å². The topological polar surface area (TPSA) is 32.3 Å². The van der Waals surface area contributed by atoms with Crippen molar-refractivity contribution in [1.82, 2.24) is 5.32 Å². The summed E-state index contributed by atoms with van der Waals surface area (Å²) >= 11 is 0. The Morgan fingerprint density at radius 2 is 2.00 bits per heavy atom. The lowest BCUT2D eigenvalue weighted by Crippen LogP contribution is -2.39. The van der Waals surface area contributed by atoms with Gasteiger partial charge in [0.05, 0.1) is 0 Å². The third-order valence-electron chi connectivity index (χ3n) is 0.658. The molecule has 0 spiro atoms. The highest BCUT2D eigenvalue weighted by Crippen LogP contribution is 1.95. The largest absolute Gasteiger partial charge is 0.384 e. The maximum Gasteiger partial charge on any atom is 0.120 e. The van der Waals surface area contributed by atoms with Gasteiger partial charge in [-0.2, -0.15) is 0 Å².